The Morgan fingerprint density at radius 3 is 2.91 bits per heavy atom. The first-order chi connectivity index (χ1) is 11.0. The van der Waals surface area contributed by atoms with Crippen LogP contribution in [0.25, 0.3) is 0 Å². The van der Waals surface area contributed by atoms with Gasteiger partial charge in [-0.1, -0.05) is 0 Å². The highest BCUT2D eigenvalue weighted by molar-refractivity contribution is 5.76. The number of aryl methyl sites for hydroxylation is 2. The number of aromatic nitrogens is 2. The molecular formula is C17H27N3O3. The molecular weight excluding hydrogens is 294 g/mol. The lowest BCUT2D eigenvalue weighted by atomic mass is 9.93. The summed E-state index contributed by atoms with van der Waals surface area (Å²) in [5, 5.41) is 0. The number of carbonyl (C=O) groups is 1. The minimum atomic E-state index is -0.343. The van der Waals surface area contributed by atoms with Crippen molar-refractivity contribution in [2.75, 3.05) is 26.8 Å². The molecule has 23 heavy (non-hydrogen) atoms. The van der Waals surface area contributed by atoms with Gasteiger partial charge >= 0.3 is 5.69 Å². The van der Waals surface area contributed by atoms with E-state index in [9.17, 15) is 9.59 Å². The summed E-state index contributed by atoms with van der Waals surface area (Å²) in [6, 6.07) is 1.83. The molecule has 128 valence electrons. The first-order valence-electron chi connectivity index (χ1n) is 8.33. The Morgan fingerprint density at radius 1 is 1.43 bits per heavy atom. The number of carbonyl (C=O) groups excluding carboxylic acids is 1. The van der Waals surface area contributed by atoms with Gasteiger partial charge in [0.2, 0.25) is 5.91 Å². The second kappa shape index (κ2) is 8.24. The van der Waals surface area contributed by atoms with Crippen LogP contribution in [0.3, 0.4) is 0 Å². The second-order valence-corrected chi connectivity index (χ2v) is 6.39. The predicted molar refractivity (Wildman–Crippen MR) is 88.4 cm³/mol. The van der Waals surface area contributed by atoms with Crippen LogP contribution in [0.5, 0.6) is 0 Å². The summed E-state index contributed by atoms with van der Waals surface area (Å²) in [6.45, 7) is 6.06. The molecule has 1 aliphatic heterocycles. The summed E-state index contributed by atoms with van der Waals surface area (Å²) in [5.41, 5.74) is 1.13. The van der Waals surface area contributed by atoms with E-state index < -0.39 is 0 Å². The number of ether oxygens (including phenoxy) is 1. The topological polar surface area (TPSA) is 64.4 Å². The van der Waals surface area contributed by atoms with Crippen molar-refractivity contribution in [3.05, 3.63) is 27.9 Å². The zero-order valence-corrected chi connectivity index (χ0v) is 14.4. The molecule has 0 aliphatic carbocycles. The summed E-state index contributed by atoms with van der Waals surface area (Å²) >= 11 is 0. The number of amides is 1. The van der Waals surface area contributed by atoms with E-state index in [0.717, 1.165) is 44.7 Å². The normalized spacial score (nSPS) is 18.2. The SMILES string of the molecule is COCCC[C@@H]1CCCN(C(=O)Cn2c(C)cc(C)nc2=O)C1. The van der Waals surface area contributed by atoms with Gasteiger partial charge in [-0.05, 0) is 51.5 Å². The number of hydrogen-bond acceptors (Lipinski definition) is 4. The average molecular weight is 321 g/mol. The monoisotopic (exact) mass is 321 g/mol. The summed E-state index contributed by atoms with van der Waals surface area (Å²) in [5.74, 6) is 0.550. The zero-order chi connectivity index (χ0) is 16.8. The third kappa shape index (κ3) is 4.89. The number of likely N-dealkylation sites (tertiary alicyclic amines) is 1. The Labute approximate surface area is 137 Å². The van der Waals surface area contributed by atoms with Gasteiger partial charge in [0.25, 0.3) is 0 Å². The van der Waals surface area contributed by atoms with Gasteiger partial charge in [-0.2, -0.15) is 4.98 Å². The van der Waals surface area contributed by atoms with E-state index in [1.54, 1.807) is 14.0 Å². The molecule has 0 spiro atoms. The van der Waals surface area contributed by atoms with Crippen LogP contribution in [0, 0.1) is 19.8 Å². The maximum absolute atomic E-state index is 12.5. The van der Waals surface area contributed by atoms with Gasteiger partial charge in [0, 0.05) is 38.2 Å². The smallest absolute Gasteiger partial charge is 0.348 e. The fraction of sp³-hybridized carbons (Fsp3) is 0.706. The third-order valence-corrected chi connectivity index (χ3v) is 4.47. The van der Waals surface area contributed by atoms with Gasteiger partial charge in [0.15, 0.2) is 0 Å². The van der Waals surface area contributed by atoms with Crippen LogP contribution >= 0.6 is 0 Å². The Balaban J connectivity index is 1.96. The lowest BCUT2D eigenvalue weighted by Crippen LogP contribution is -2.43. The lowest BCUT2D eigenvalue weighted by Gasteiger charge is -2.33. The van der Waals surface area contributed by atoms with E-state index >= 15 is 0 Å². The Hall–Kier alpha value is -1.69. The molecule has 0 saturated carbocycles. The van der Waals surface area contributed by atoms with Gasteiger partial charge < -0.3 is 9.64 Å². The quantitative estimate of drug-likeness (QED) is 0.745. The van der Waals surface area contributed by atoms with Crippen LogP contribution in [0.15, 0.2) is 10.9 Å². The highest BCUT2D eigenvalue weighted by Crippen LogP contribution is 2.21. The number of methoxy groups -OCH3 is 1. The highest BCUT2D eigenvalue weighted by atomic mass is 16.5. The molecule has 6 heteroatoms. The van der Waals surface area contributed by atoms with E-state index in [0.29, 0.717) is 11.6 Å². The van der Waals surface area contributed by atoms with Crippen LogP contribution < -0.4 is 5.69 Å². The van der Waals surface area contributed by atoms with E-state index in [1.165, 1.54) is 11.0 Å². The molecule has 1 saturated heterocycles. The van der Waals surface area contributed by atoms with Gasteiger partial charge in [-0.3, -0.25) is 9.36 Å². The van der Waals surface area contributed by atoms with Crippen molar-refractivity contribution in [3.63, 3.8) is 0 Å². The van der Waals surface area contributed by atoms with Crippen molar-refractivity contribution in [1.29, 1.82) is 0 Å². The van der Waals surface area contributed by atoms with E-state index in [1.807, 2.05) is 17.9 Å². The maximum atomic E-state index is 12.5. The lowest BCUT2D eigenvalue weighted by molar-refractivity contribution is -0.133. The summed E-state index contributed by atoms with van der Waals surface area (Å²) < 4.78 is 6.56. The molecule has 1 fully saturated rings. The number of piperidine rings is 1. The van der Waals surface area contributed by atoms with Gasteiger partial charge in [-0.15, -0.1) is 0 Å². The fourth-order valence-electron chi connectivity index (χ4n) is 3.25. The van der Waals surface area contributed by atoms with Crippen molar-refractivity contribution in [3.8, 4) is 0 Å². The molecule has 0 N–H and O–H groups in total. The van der Waals surface area contributed by atoms with Crippen molar-refractivity contribution in [2.45, 2.75) is 46.1 Å². The minimum Gasteiger partial charge on any atom is -0.385 e. The second-order valence-electron chi connectivity index (χ2n) is 6.39. The molecule has 0 aromatic carbocycles. The number of rotatable bonds is 6. The average Bonchev–Trinajstić information content (AvgIpc) is 2.51. The molecule has 1 aromatic rings. The van der Waals surface area contributed by atoms with Crippen LogP contribution in [-0.2, 0) is 16.1 Å². The van der Waals surface area contributed by atoms with Crippen molar-refractivity contribution >= 4 is 5.91 Å². The van der Waals surface area contributed by atoms with Crippen molar-refractivity contribution in [1.82, 2.24) is 14.5 Å². The molecule has 1 aromatic heterocycles. The third-order valence-electron chi connectivity index (χ3n) is 4.47. The minimum absolute atomic E-state index is 0.0114. The Kier molecular flexibility index (Phi) is 6.33. The highest BCUT2D eigenvalue weighted by Gasteiger charge is 2.24. The van der Waals surface area contributed by atoms with Crippen LogP contribution in [-0.4, -0.2) is 47.2 Å². The molecule has 6 nitrogen and oxygen atoms in total. The van der Waals surface area contributed by atoms with Crippen molar-refractivity contribution < 1.29 is 9.53 Å². The largest absolute Gasteiger partial charge is 0.385 e. The summed E-state index contributed by atoms with van der Waals surface area (Å²) in [7, 11) is 1.71. The molecule has 2 heterocycles. The summed E-state index contributed by atoms with van der Waals surface area (Å²) in [6.07, 6.45) is 4.31. The fourth-order valence-corrected chi connectivity index (χ4v) is 3.25. The maximum Gasteiger partial charge on any atom is 0.348 e. The van der Waals surface area contributed by atoms with Crippen LogP contribution in [0.4, 0.5) is 0 Å². The molecule has 1 atom stereocenters. The van der Waals surface area contributed by atoms with E-state index in [-0.39, 0.29) is 18.1 Å². The molecule has 1 amide bonds. The van der Waals surface area contributed by atoms with Crippen LogP contribution in [0.2, 0.25) is 0 Å². The molecule has 0 radical (unpaired) electrons. The van der Waals surface area contributed by atoms with Gasteiger partial charge in [-0.25, -0.2) is 4.79 Å². The molecule has 0 unspecified atom stereocenters. The zero-order valence-electron chi connectivity index (χ0n) is 14.4. The van der Waals surface area contributed by atoms with E-state index in [2.05, 4.69) is 4.98 Å². The molecule has 2 rings (SSSR count). The predicted octanol–water partition coefficient (Wildman–Crippen LogP) is 1.53. The number of nitrogens with zero attached hydrogens (tertiary/aromatic N) is 3. The van der Waals surface area contributed by atoms with Gasteiger partial charge in [0.05, 0.1) is 0 Å². The number of hydrogen-bond donors (Lipinski definition) is 0. The summed E-state index contributed by atoms with van der Waals surface area (Å²) in [4.78, 5) is 30.3. The van der Waals surface area contributed by atoms with Gasteiger partial charge in [0.1, 0.15) is 6.54 Å². The Bertz CT molecular complexity index is 597. The molecule has 0 bridgehead atoms. The first-order valence-corrected chi connectivity index (χ1v) is 8.33. The molecule has 1 aliphatic rings. The first kappa shape index (κ1) is 17.7. The van der Waals surface area contributed by atoms with Crippen molar-refractivity contribution in [2.24, 2.45) is 5.92 Å². The van der Waals surface area contributed by atoms with Crippen LogP contribution in [0.1, 0.15) is 37.1 Å². The standard InChI is InChI=1S/C17H27N3O3/c1-13-10-14(2)20(17(22)18-13)12-16(21)19-8-4-6-15(11-19)7-5-9-23-3/h10,15H,4-9,11-12H2,1-3H3/t15-/m0/s1. The van der Waals surface area contributed by atoms with E-state index in [4.69, 9.17) is 4.74 Å². The Morgan fingerprint density at radius 2 is 2.22 bits per heavy atom.